The van der Waals surface area contributed by atoms with E-state index < -0.39 is 21.9 Å². The molecular formula is C16H17FN2O3S. The Bertz CT molecular complexity index is 804. The molecular weight excluding hydrogens is 319 g/mol. The molecule has 0 aliphatic carbocycles. The van der Waals surface area contributed by atoms with Crippen molar-refractivity contribution in [2.24, 2.45) is 0 Å². The van der Waals surface area contributed by atoms with Gasteiger partial charge in [-0.3, -0.25) is 9.52 Å². The fourth-order valence-corrected chi connectivity index (χ4v) is 2.71. The predicted molar refractivity (Wildman–Crippen MR) is 87.2 cm³/mol. The number of carbonyl (C=O) groups excluding carboxylic acids is 1. The van der Waals surface area contributed by atoms with Crippen LogP contribution in [0.4, 0.5) is 10.1 Å². The molecule has 122 valence electrons. The number of para-hydroxylation sites is 1. The number of hydrogen-bond donors (Lipinski definition) is 2. The molecule has 0 saturated heterocycles. The number of benzene rings is 2. The van der Waals surface area contributed by atoms with E-state index in [1.54, 1.807) is 31.2 Å². The van der Waals surface area contributed by atoms with Crippen LogP contribution in [0, 0.1) is 5.82 Å². The third kappa shape index (κ3) is 4.79. The van der Waals surface area contributed by atoms with E-state index in [1.807, 2.05) is 0 Å². The van der Waals surface area contributed by atoms with E-state index in [9.17, 15) is 17.6 Å². The van der Waals surface area contributed by atoms with Gasteiger partial charge in [-0.15, -0.1) is 0 Å². The second-order valence-corrected chi connectivity index (χ2v) is 6.91. The Balaban J connectivity index is 2.19. The van der Waals surface area contributed by atoms with Gasteiger partial charge in [-0.1, -0.05) is 18.2 Å². The molecule has 0 aliphatic rings. The Hall–Kier alpha value is -2.41. The number of nitrogens with one attached hydrogen (secondary N) is 2. The first-order chi connectivity index (χ1) is 10.8. The van der Waals surface area contributed by atoms with Gasteiger partial charge < -0.3 is 5.32 Å². The average molecular weight is 336 g/mol. The van der Waals surface area contributed by atoms with Gasteiger partial charge in [0.2, 0.25) is 10.0 Å². The molecule has 0 spiro atoms. The molecule has 7 heteroatoms. The number of carbonyl (C=O) groups is 1. The SMILES string of the molecule is CC(NC(=O)c1ccc(F)cc1)c1ccccc1NS(C)(=O)=O. The third-order valence-electron chi connectivity index (χ3n) is 3.18. The van der Waals surface area contributed by atoms with Crippen LogP contribution in [0.5, 0.6) is 0 Å². The van der Waals surface area contributed by atoms with Crippen LogP contribution in [-0.4, -0.2) is 20.6 Å². The third-order valence-corrected chi connectivity index (χ3v) is 3.77. The molecule has 0 radical (unpaired) electrons. The van der Waals surface area contributed by atoms with Crippen LogP contribution in [0.15, 0.2) is 48.5 Å². The summed E-state index contributed by atoms with van der Waals surface area (Å²) in [7, 11) is -3.42. The number of rotatable bonds is 5. The zero-order valence-corrected chi connectivity index (χ0v) is 13.5. The van der Waals surface area contributed by atoms with E-state index in [2.05, 4.69) is 10.0 Å². The largest absolute Gasteiger partial charge is 0.345 e. The maximum atomic E-state index is 12.9. The van der Waals surface area contributed by atoms with Gasteiger partial charge in [-0.25, -0.2) is 12.8 Å². The summed E-state index contributed by atoms with van der Waals surface area (Å²) in [5, 5.41) is 2.76. The van der Waals surface area contributed by atoms with Crippen LogP contribution in [0.25, 0.3) is 0 Å². The smallest absolute Gasteiger partial charge is 0.251 e. The summed E-state index contributed by atoms with van der Waals surface area (Å²) in [6, 6.07) is 11.6. The highest BCUT2D eigenvalue weighted by Gasteiger charge is 2.16. The standard InChI is InChI=1S/C16H17FN2O3S/c1-11(18-16(20)12-7-9-13(17)10-8-12)14-5-3-4-6-15(14)19-23(2,21)22/h3-11,19H,1-2H3,(H,18,20). The van der Waals surface area contributed by atoms with Gasteiger partial charge >= 0.3 is 0 Å². The van der Waals surface area contributed by atoms with Gasteiger partial charge in [-0.2, -0.15) is 0 Å². The fourth-order valence-electron chi connectivity index (χ4n) is 2.13. The molecule has 0 bridgehead atoms. The Morgan fingerprint density at radius 2 is 1.70 bits per heavy atom. The second-order valence-electron chi connectivity index (χ2n) is 5.16. The van der Waals surface area contributed by atoms with E-state index >= 15 is 0 Å². The molecule has 0 saturated carbocycles. The molecule has 23 heavy (non-hydrogen) atoms. The molecule has 0 heterocycles. The van der Waals surface area contributed by atoms with E-state index in [0.29, 0.717) is 16.8 Å². The zero-order chi connectivity index (χ0) is 17.0. The lowest BCUT2D eigenvalue weighted by atomic mass is 10.1. The lowest BCUT2D eigenvalue weighted by Crippen LogP contribution is -2.27. The number of amides is 1. The Kier molecular flexibility index (Phi) is 5.00. The first kappa shape index (κ1) is 17.0. The first-order valence-corrected chi connectivity index (χ1v) is 8.78. The monoisotopic (exact) mass is 336 g/mol. The van der Waals surface area contributed by atoms with Gasteiger partial charge in [0, 0.05) is 5.56 Å². The normalized spacial score (nSPS) is 12.5. The minimum atomic E-state index is -3.42. The fraction of sp³-hybridized carbons (Fsp3) is 0.188. The van der Waals surface area contributed by atoms with E-state index in [4.69, 9.17) is 0 Å². The van der Waals surface area contributed by atoms with Crippen LogP contribution in [-0.2, 0) is 10.0 Å². The molecule has 2 N–H and O–H groups in total. The van der Waals surface area contributed by atoms with Crippen LogP contribution < -0.4 is 10.0 Å². The van der Waals surface area contributed by atoms with Gasteiger partial charge in [0.15, 0.2) is 0 Å². The molecule has 5 nitrogen and oxygen atoms in total. The molecule has 2 aromatic rings. The predicted octanol–water partition coefficient (Wildman–Crippen LogP) is 2.69. The van der Waals surface area contributed by atoms with Crippen molar-refractivity contribution in [1.29, 1.82) is 0 Å². The summed E-state index contributed by atoms with van der Waals surface area (Å²) in [6.45, 7) is 1.74. The second kappa shape index (κ2) is 6.78. The summed E-state index contributed by atoms with van der Waals surface area (Å²) < 4.78 is 38.1. The first-order valence-electron chi connectivity index (χ1n) is 6.89. The van der Waals surface area contributed by atoms with Crippen molar-refractivity contribution in [3.8, 4) is 0 Å². The quantitative estimate of drug-likeness (QED) is 0.881. The molecule has 2 aromatic carbocycles. The minimum Gasteiger partial charge on any atom is -0.345 e. The Morgan fingerprint density at radius 1 is 1.09 bits per heavy atom. The highest BCUT2D eigenvalue weighted by atomic mass is 32.2. The van der Waals surface area contributed by atoms with Crippen molar-refractivity contribution >= 4 is 21.6 Å². The van der Waals surface area contributed by atoms with Crippen molar-refractivity contribution in [3.05, 3.63) is 65.5 Å². The zero-order valence-electron chi connectivity index (χ0n) is 12.7. The number of anilines is 1. The highest BCUT2D eigenvalue weighted by Crippen LogP contribution is 2.23. The van der Waals surface area contributed by atoms with Crippen molar-refractivity contribution in [2.75, 3.05) is 11.0 Å². The summed E-state index contributed by atoms with van der Waals surface area (Å²) in [5.41, 5.74) is 1.36. The topological polar surface area (TPSA) is 75.3 Å². The molecule has 1 amide bonds. The van der Waals surface area contributed by atoms with Crippen molar-refractivity contribution < 1.29 is 17.6 Å². The highest BCUT2D eigenvalue weighted by molar-refractivity contribution is 7.92. The maximum Gasteiger partial charge on any atom is 0.251 e. The molecule has 0 aromatic heterocycles. The number of sulfonamides is 1. The maximum absolute atomic E-state index is 12.9. The lowest BCUT2D eigenvalue weighted by molar-refractivity contribution is 0.0940. The van der Waals surface area contributed by atoms with Crippen LogP contribution in [0.2, 0.25) is 0 Å². The van der Waals surface area contributed by atoms with E-state index in [1.165, 1.54) is 24.3 Å². The average Bonchev–Trinajstić information content (AvgIpc) is 2.46. The molecule has 0 fully saturated rings. The van der Waals surface area contributed by atoms with Gasteiger partial charge in [0.25, 0.3) is 5.91 Å². The summed E-state index contributed by atoms with van der Waals surface area (Å²) in [5.74, 6) is -0.788. The Labute approximate surface area is 134 Å². The molecule has 2 rings (SSSR count). The van der Waals surface area contributed by atoms with Crippen LogP contribution >= 0.6 is 0 Å². The lowest BCUT2D eigenvalue weighted by Gasteiger charge is -2.18. The van der Waals surface area contributed by atoms with Gasteiger partial charge in [-0.05, 0) is 42.8 Å². The van der Waals surface area contributed by atoms with Gasteiger partial charge in [0.1, 0.15) is 5.82 Å². The van der Waals surface area contributed by atoms with Crippen molar-refractivity contribution in [3.63, 3.8) is 0 Å². The van der Waals surface area contributed by atoms with E-state index in [0.717, 1.165) is 6.26 Å². The summed E-state index contributed by atoms with van der Waals surface area (Å²) >= 11 is 0. The molecule has 1 unspecified atom stereocenters. The van der Waals surface area contributed by atoms with E-state index in [-0.39, 0.29) is 5.91 Å². The Morgan fingerprint density at radius 3 is 2.30 bits per heavy atom. The molecule has 1 atom stereocenters. The van der Waals surface area contributed by atoms with Crippen molar-refractivity contribution in [2.45, 2.75) is 13.0 Å². The number of hydrogen-bond acceptors (Lipinski definition) is 3. The summed E-state index contributed by atoms with van der Waals surface area (Å²) in [6.07, 6.45) is 1.06. The molecule has 0 aliphatic heterocycles. The minimum absolute atomic E-state index is 0.326. The van der Waals surface area contributed by atoms with Crippen molar-refractivity contribution in [1.82, 2.24) is 5.32 Å². The number of halogens is 1. The van der Waals surface area contributed by atoms with Crippen LogP contribution in [0.3, 0.4) is 0 Å². The van der Waals surface area contributed by atoms with Gasteiger partial charge in [0.05, 0.1) is 18.0 Å². The van der Waals surface area contributed by atoms with Crippen LogP contribution in [0.1, 0.15) is 28.9 Å². The summed E-state index contributed by atoms with van der Waals surface area (Å²) in [4.78, 5) is 12.2.